The standard InChI is InChI=1S/C10H16N2/c1-10(2,3)9-5-4-8-6-7-11-12(8)9/h6-7,9H,4-5H2,1-3H3. The Morgan fingerprint density at radius 2 is 2.25 bits per heavy atom. The van der Waals surface area contributed by atoms with Crippen LogP contribution in [-0.4, -0.2) is 9.78 Å². The van der Waals surface area contributed by atoms with Crippen LogP contribution in [0.1, 0.15) is 38.9 Å². The van der Waals surface area contributed by atoms with Crippen molar-refractivity contribution in [3.8, 4) is 0 Å². The van der Waals surface area contributed by atoms with Crippen molar-refractivity contribution >= 4 is 0 Å². The van der Waals surface area contributed by atoms with E-state index in [0.29, 0.717) is 11.5 Å². The summed E-state index contributed by atoms with van der Waals surface area (Å²) >= 11 is 0. The number of nitrogens with zero attached hydrogens (tertiary/aromatic N) is 2. The molecule has 2 rings (SSSR count). The molecule has 1 aliphatic heterocycles. The summed E-state index contributed by atoms with van der Waals surface area (Å²) in [5.74, 6) is 0. The maximum atomic E-state index is 4.36. The minimum atomic E-state index is 0.345. The molecule has 0 bridgehead atoms. The third kappa shape index (κ3) is 1.06. The van der Waals surface area contributed by atoms with Gasteiger partial charge in [0.05, 0.1) is 6.04 Å². The van der Waals surface area contributed by atoms with Crippen molar-refractivity contribution in [2.24, 2.45) is 5.41 Å². The fraction of sp³-hybridized carbons (Fsp3) is 0.700. The van der Waals surface area contributed by atoms with Crippen molar-refractivity contribution in [3.63, 3.8) is 0 Å². The van der Waals surface area contributed by atoms with Gasteiger partial charge in [0.1, 0.15) is 0 Å². The Bertz CT molecular complexity index is 280. The van der Waals surface area contributed by atoms with Gasteiger partial charge in [0.15, 0.2) is 0 Å². The highest BCUT2D eigenvalue weighted by Crippen LogP contribution is 2.38. The Labute approximate surface area is 73.6 Å². The first kappa shape index (κ1) is 7.84. The molecule has 1 aromatic heterocycles. The van der Waals surface area contributed by atoms with Crippen LogP contribution >= 0.6 is 0 Å². The Hall–Kier alpha value is -0.790. The molecule has 0 saturated heterocycles. The quantitative estimate of drug-likeness (QED) is 0.575. The summed E-state index contributed by atoms with van der Waals surface area (Å²) < 4.78 is 2.19. The van der Waals surface area contributed by atoms with Crippen molar-refractivity contribution in [2.75, 3.05) is 0 Å². The Morgan fingerprint density at radius 1 is 1.50 bits per heavy atom. The van der Waals surface area contributed by atoms with Crippen LogP contribution in [0, 0.1) is 5.41 Å². The number of fused-ring (bicyclic) bond motifs is 1. The minimum absolute atomic E-state index is 0.345. The van der Waals surface area contributed by atoms with Crippen molar-refractivity contribution in [1.29, 1.82) is 0 Å². The van der Waals surface area contributed by atoms with Crippen LogP contribution < -0.4 is 0 Å². The molecule has 0 aliphatic carbocycles. The minimum Gasteiger partial charge on any atom is -0.266 e. The smallest absolute Gasteiger partial charge is 0.0574 e. The van der Waals surface area contributed by atoms with E-state index in [0.717, 1.165) is 0 Å². The summed E-state index contributed by atoms with van der Waals surface area (Å²) in [6.45, 7) is 6.86. The summed E-state index contributed by atoms with van der Waals surface area (Å²) in [5.41, 5.74) is 1.74. The van der Waals surface area contributed by atoms with Gasteiger partial charge >= 0.3 is 0 Å². The van der Waals surface area contributed by atoms with Gasteiger partial charge < -0.3 is 0 Å². The van der Waals surface area contributed by atoms with Crippen LogP contribution in [-0.2, 0) is 6.42 Å². The molecule has 2 heterocycles. The van der Waals surface area contributed by atoms with Crippen molar-refractivity contribution < 1.29 is 0 Å². The second kappa shape index (κ2) is 2.35. The first-order chi connectivity index (χ1) is 5.59. The average Bonchev–Trinajstić information content (AvgIpc) is 2.37. The first-order valence-corrected chi connectivity index (χ1v) is 4.61. The van der Waals surface area contributed by atoms with Gasteiger partial charge in [-0.3, -0.25) is 4.68 Å². The Morgan fingerprint density at radius 3 is 2.92 bits per heavy atom. The normalized spacial score (nSPS) is 22.8. The molecule has 1 aliphatic rings. The number of hydrogen-bond donors (Lipinski definition) is 0. The zero-order valence-corrected chi connectivity index (χ0v) is 8.04. The van der Waals surface area contributed by atoms with Crippen LogP contribution in [0.3, 0.4) is 0 Å². The summed E-state index contributed by atoms with van der Waals surface area (Å²) in [4.78, 5) is 0. The summed E-state index contributed by atoms with van der Waals surface area (Å²) in [6.07, 6.45) is 4.36. The molecule has 0 saturated carbocycles. The van der Waals surface area contributed by atoms with E-state index in [9.17, 15) is 0 Å². The van der Waals surface area contributed by atoms with Gasteiger partial charge in [0.25, 0.3) is 0 Å². The fourth-order valence-corrected chi connectivity index (χ4v) is 2.03. The second-order valence-electron chi connectivity index (χ2n) is 4.69. The molecule has 1 atom stereocenters. The van der Waals surface area contributed by atoms with Crippen LogP contribution in [0.5, 0.6) is 0 Å². The van der Waals surface area contributed by atoms with E-state index >= 15 is 0 Å². The summed E-state index contributed by atoms with van der Waals surface area (Å²) in [5, 5.41) is 4.36. The molecule has 0 aromatic carbocycles. The van der Waals surface area contributed by atoms with Crippen molar-refractivity contribution in [2.45, 2.75) is 39.7 Å². The molecule has 0 fully saturated rings. The highest BCUT2D eigenvalue weighted by molar-refractivity contribution is 5.08. The molecule has 0 spiro atoms. The number of hydrogen-bond acceptors (Lipinski definition) is 1. The van der Waals surface area contributed by atoms with E-state index in [1.165, 1.54) is 18.5 Å². The van der Waals surface area contributed by atoms with E-state index in [1.807, 2.05) is 6.20 Å². The molecule has 66 valence electrons. The lowest BCUT2D eigenvalue weighted by Gasteiger charge is -2.27. The maximum Gasteiger partial charge on any atom is 0.0574 e. The molecule has 12 heavy (non-hydrogen) atoms. The van der Waals surface area contributed by atoms with E-state index in [2.05, 4.69) is 36.6 Å². The van der Waals surface area contributed by atoms with Crippen LogP contribution in [0.4, 0.5) is 0 Å². The molecule has 0 amide bonds. The van der Waals surface area contributed by atoms with Gasteiger partial charge in [-0.1, -0.05) is 20.8 Å². The van der Waals surface area contributed by atoms with Crippen molar-refractivity contribution in [1.82, 2.24) is 9.78 Å². The van der Waals surface area contributed by atoms with Crippen LogP contribution in [0.2, 0.25) is 0 Å². The van der Waals surface area contributed by atoms with Gasteiger partial charge in [-0.25, -0.2) is 0 Å². The van der Waals surface area contributed by atoms with Gasteiger partial charge in [-0.2, -0.15) is 5.10 Å². The zero-order chi connectivity index (χ0) is 8.77. The van der Waals surface area contributed by atoms with E-state index in [4.69, 9.17) is 0 Å². The largest absolute Gasteiger partial charge is 0.266 e. The molecular formula is C10H16N2. The highest BCUT2D eigenvalue weighted by atomic mass is 15.3. The zero-order valence-electron chi connectivity index (χ0n) is 8.04. The fourth-order valence-electron chi connectivity index (χ4n) is 2.03. The number of aryl methyl sites for hydroxylation is 1. The molecular weight excluding hydrogens is 148 g/mol. The first-order valence-electron chi connectivity index (χ1n) is 4.61. The molecule has 0 N–H and O–H groups in total. The number of rotatable bonds is 0. The van der Waals surface area contributed by atoms with Gasteiger partial charge in [-0.15, -0.1) is 0 Å². The summed E-state index contributed by atoms with van der Waals surface area (Å²) in [7, 11) is 0. The average molecular weight is 164 g/mol. The lowest BCUT2D eigenvalue weighted by atomic mass is 9.86. The summed E-state index contributed by atoms with van der Waals surface area (Å²) in [6, 6.07) is 2.73. The van der Waals surface area contributed by atoms with Gasteiger partial charge in [0.2, 0.25) is 0 Å². The van der Waals surface area contributed by atoms with Crippen molar-refractivity contribution in [3.05, 3.63) is 18.0 Å². The topological polar surface area (TPSA) is 17.8 Å². The van der Waals surface area contributed by atoms with Crippen LogP contribution in [0.25, 0.3) is 0 Å². The number of aromatic nitrogens is 2. The molecule has 1 aromatic rings. The second-order valence-corrected chi connectivity index (χ2v) is 4.69. The lowest BCUT2D eigenvalue weighted by molar-refractivity contribution is 0.235. The predicted octanol–water partition coefficient (Wildman–Crippen LogP) is 2.42. The molecule has 0 radical (unpaired) electrons. The molecule has 2 heteroatoms. The lowest BCUT2D eigenvalue weighted by Crippen LogP contribution is -2.22. The third-order valence-corrected chi connectivity index (χ3v) is 2.72. The van der Waals surface area contributed by atoms with E-state index < -0.39 is 0 Å². The van der Waals surface area contributed by atoms with Gasteiger partial charge in [-0.05, 0) is 24.3 Å². The Balaban J connectivity index is 2.34. The van der Waals surface area contributed by atoms with E-state index in [1.54, 1.807) is 0 Å². The Kier molecular flexibility index (Phi) is 1.53. The SMILES string of the molecule is CC(C)(C)C1CCc2ccnn21. The van der Waals surface area contributed by atoms with E-state index in [-0.39, 0.29) is 0 Å². The molecule has 1 unspecified atom stereocenters. The third-order valence-electron chi connectivity index (χ3n) is 2.72. The van der Waals surface area contributed by atoms with Gasteiger partial charge in [0, 0.05) is 11.9 Å². The highest BCUT2D eigenvalue weighted by Gasteiger charge is 2.32. The predicted molar refractivity (Wildman–Crippen MR) is 49.0 cm³/mol. The van der Waals surface area contributed by atoms with Crippen LogP contribution in [0.15, 0.2) is 12.3 Å². The monoisotopic (exact) mass is 164 g/mol. The molecule has 2 nitrogen and oxygen atoms in total. The maximum absolute atomic E-state index is 4.36.